The van der Waals surface area contributed by atoms with Gasteiger partial charge in [-0.2, -0.15) is 0 Å². The molecule has 170 valence electrons. The zero-order chi connectivity index (χ0) is 23.7. The third-order valence-electron chi connectivity index (χ3n) is 5.41. The van der Waals surface area contributed by atoms with Crippen LogP contribution in [0.15, 0.2) is 69.6 Å². The second-order valence-electron chi connectivity index (χ2n) is 7.84. The third-order valence-corrected chi connectivity index (χ3v) is 6.64. The average Bonchev–Trinajstić information content (AvgIpc) is 3.09. The van der Waals surface area contributed by atoms with Crippen molar-refractivity contribution in [3.8, 4) is 0 Å². The van der Waals surface area contributed by atoms with E-state index in [0.717, 1.165) is 16.8 Å². The Morgan fingerprint density at radius 2 is 1.85 bits per heavy atom. The van der Waals surface area contributed by atoms with Crippen LogP contribution in [0.4, 0.5) is 5.69 Å². The largest absolute Gasteiger partial charge is 0.463 e. The molecule has 1 aromatic heterocycles. The topological polar surface area (TPSA) is 63.9 Å². The highest BCUT2D eigenvalue weighted by Crippen LogP contribution is 2.31. The van der Waals surface area contributed by atoms with E-state index in [-0.39, 0.29) is 12.2 Å². The van der Waals surface area contributed by atoms with Gasteiger partial charge in [0.1, 0.15) is 0 Å². The van der Waals surface area contributed by atoms with Gasteiger partial charge in [0.05, 0.1) is 28.5 Å². The molecule has 8 heteroatoms. The van der Waals surface area contributed by atoms with Gasteiger partial charge < -0.3 is 9.64 Å². The van der Waals surface area contributed by atoms with Gasteiger partial charge in [-0.15, -0.1) is 0 Å². The molecule has 0 unspecified atom stereocenters. The van der Waals surface area contributed by atoms with E-state index < -0.39 is 12.0 Å². The third kappa shape index (κ3) is 4.51. The van der Waals surface area contributed by atoms with Crippen LogP contribution in [0.2, 0.25) is 5.02 Å². The molecule has 0 saturated heterocycles. The molecule has 1 aliphatic rings. The maximum absolute atomic E-state index is 13.5. The summed E-state index contributed by atoms with van der Waals surface area (Å²) in [5, 5.41) is 0.629. The highest BCUT2D eigenvalue weighted by Gasteiger charge is 2.33. The van der Waals surface area contributed by atoms with Crippen LogP contribution >= 0.6 is 22.9 Å². The van der Waals surface area contributed by atoms with Gasteiger partial charge in [-0.1, -0.05) is 47.2 Å². The van der Waals surface area contributed by atoms with E-state index in [4.69, 9.17) is 16.3 Å². The summed E-state index contributed by atoms with van der Waals surface area (Å²) in [6.45, 7) is 3.78. The van der Waals surface area contributed by atoms with Gasteiger partial charge in [0, 0.05) is 24.8 Å². The minimum atomic E-state index is -0.621. The minimum Gasteiger partial charge on any atom is -0.463 e. The van der Waals surface area contributed by atoms with Crippen LogP contribution in [0.3, 0.4) is 0 Å². The standard InChI is InChI=1S/C25H24ClN3O3S/c1-5-32-24(31)21-15(2)27-25-29(22(21)17-8-12-19(13-9-17)28(3)4)23(30)20(33-25)14-16-6-10-18(26)11-7-16/h6-14,22H,5H2,1-4H3/b20-14-/t22-/m0/s1. The van der Waals surface area contributed by atoms with Crippen molar-refractivity contribution in [3.63, 3.8) is 0 Å². The zero-order valence-electron chi connectivity index (χ0n) is 18.8. The van der Waals surface area contributed by atoms with Gasteiger partial charge in [0.25, 0.3) is 5.56 Å². The summed E-state index contributed by atoms with van der Waals surface area (Å²) in [6.07, 6.45) is 1.82. The Morgan fingerprint density at radius 1 is 1.18 bits per heavy atom. The van der Waals surface area contributed by atoms with Gasteiger partial charge in [0.15, 0.2) is 4.80 Å². The number of carbonyl (C=O) groups is 1. The van der Waals surface area contributed by atoms with Gasteiger partial charge in [0.2, 0.25) is 0 Å². The molecule has 33 heavy (non-hydrogen) atoms. The number of aromatic nitrogens is 1. The van der Waals surface area contributed by atoms with Crippen LogP contribution in [-0.2, 0) is 9.53 Å². The van der Waals surface area contributed by atoms with Crippen molar-refractivity contribution >= 4 is 40.7 Å². The summed E-state index contributed by atoms with van der Waals surface area (Å²) >= 11 is 7.29. The minimum absolute atomic E-state index is 0.204. The van der Waals surface area contributed by atoms with E-state index in [1.165, 1.54) is 11.3 Å². The van der Waals surface area contributed by atoms with Crippen molar-refractivity contribution in [2.75, 3.05) is 25.6 Å². The second kappa shape index (κ2) is 9.37. The molecule has 0 radical (unpaired) electrons. The summed E-state index contributed by atoms with van der Waals surface area (Å²) in [7, 11) is 3.92. The van der Waals surface area contributed by atoms with Crippen molar-refractivity contribution in [2.45, 2.75) is 19.9 Å². The number of nitrogens with zero attached hydrogens (tertiary/aromatic N) is 3. The Balaban J connectivity index is 1.92. The number of hydrogen-bond acceptors (Lipinski definition) is 6. The molecule has 0 N–H and O–H groups in total. The Morgan fingerprint density at radius 3 is 2.45 bits per heavy atom. The normalized spacial score (nSPS) is 15.8. The first-order valence-corrected chi connectivity index (χ1v) is 11.7. The summed E-state index contributed by atoms with van der Waals surface area (Å²) < 4.78 is 7.46. The zero-order valence-corrected chi connectivity index (χ0v) is 20.4. The molecular weight excluding hydrogens is 458 g/mol. The lowest BCUT2D eigenvalue weighted by Crippen LogP contribution is -2.39. The number of esters is 1. The lowest BCUT2D eigenvalue weighted by Gasteiger charge is -2.25. The number of fused-ring (bicyclic) bond motifs is 1. The SMILES string of the molecule is CCOC(=O)C1=C(C)N=c2s/c(=C\c3ccc(Cl)cc3)c(=O)n2[C@H]1c1ccc(N(C)C)cc1. The number of carbonyl (C=O) groups excluding carboxylic acids is 1. The van der Waals surface area contributed by atoms with Gasteiger partial charge >= 0.3 is 5.97 Å². The molecular formula is C25H24ClN3O3S. The molecule has 2 aromatic carbocycles. The molecule has 1 aliphatic heterocycles. The molecule has 0 aliphatic carbocycles. The fourth-order valence-corrected chi connectivity index (χ4v) is 4.94. The molecule has 3 aromatic rings. The summed E-state index contributed by atoms with van der Waals surface area (Å²) in [5.41, 5.74) is 3.42. The number of anilines is 1. The molecule has 0 saturated carbocycles. The lowest BCUT2D eigenvalue weighted by atomic mass is 9.95. The van der Waals surface area contributed by atoms with Gasteiger partial charge in [-0.05, 0) is 55.3 Å². The number of benzene rings is 2. The Labute approximate surface area is 200 Å². The molecule has 0 spiro atoms. The Kier molecular flexibility index (Phi) is 6.54. The second-order valence-corrected chi connectivity index (χ2v) is 9.29. The van der Waals surface area contributed by atoms with Crippen LogP contribution in [0.25, 0.3) is 6.08 Å². The number of hydrogen-bond donors (Lipinski definition) is 0. The predicted octanol–water partition coefficient (Wildman–Crippen LogP) is 3.52. The summed E-state index contributed by atoms with van der Waals surface area (Å²) in [6, 6.07) is 14.5. The van der Waals surface area contributed by atoms with Crippen molar-refractivity contribution in [1.29, 1.82) is 0 Å². The smallest absolute Gasteiger partial charge is 0.338 e. The van der Waals surface area contributed by atoms with Gasteiger partial charge in [-0.25, -0.2) is 9.79 Å². The number of allylic oxidation sites excluding steroid dienone is 1. The quantitative estimate of drug-likeness (QED) is 0.523. The first kappa shape index (κ1) is 23.0. The van der Waals surface area contributed by atoms with E-state index in [1.807, 2.05) is 61.5 Å². The number of halogens is 1. The Bertz CT molecular complexity index is 1400. The fraction of sp³-hybridized carbons (Fsp3) is 0.240. The van der Waals surface area contributed by atoms with E-state index in [0.29, 0.717) is 25.6 Å². The molecule has 0 fully saturated rings. The number of rotatable bonds is 5. The molecule has 1 atom stereocenters. The first-order valence-electron chi connectivity index (χ1n) is 10.5. The van der Waals surface area contributed by atoms with Crippen molar-refractivity contribution in [1.82, 2.24) is 4.57 Å². The number of ether oxygens (including phenoxy) is 1. The molecule has 0 amide bonds. The van der Waals surface area contributed by atoms with E-state index in [1.54, 1.807) is 30.5 Å². The van der Waals surface area contributed by atoms with Crippen LogP contribution in [-0.4, -0.2) is 31.2 Å². The van der Waals surface area contributed by atoms with Crippen molar-refractivity contribution in [3.05, 3.63) is 95.6 Å². The molecule has 6 nitrogen and oxygen atoms in total. The van der Waals surface area contributed by atoms with Crippen LogP contribution in [0.5, 0.6) is 0 Å². The highest BCUT2D eigenvalue weighted by atomic mass is 35.5. The van der Waals surface area contributed by atoms with Crippen LogP contribution in [0, 0.1) is 0 Å². The van der Waals surface area contributed by atoms with Crippen molar-refractivity contribution in [2.24, 2.45) is 4.99 Å². The highest BCUT2D eigenvalue weighted by molar-refractivity contribution is 7.07. The summed E-state index contributed by atoms with van der Waals surface area (Å²) in [5.74, 6) is -0.465. The first-order chi connectivity index (χ1) is 15.8. The lowest BCUT2D eigenvalue weighted by molar-refractivity contribution is -0.139. The maximum Gasteiger partial charge on any atom is 0.338 e. The summed E-state index contributed by atoms with van der Waals surface area (Å²) in [4.78, 5) is 33.6. The number of thiazole rings is 1. The van der Waals surface area contributed by atoms with E-state index in [9.17, 15) is 9.59 Å². The maximum atomic E-state index is 13.5. The molecule has 0 bridgehead atoms. The van der Waals surface area contributed by atoms with E-state index in [2.05, 4.69) is 4.99 Å². The molecule has 4 rings (SSSR count). The van der Waals surface area contributed by atoms with Gasteiger partial charge in [-0.3, -0.25) is 9.36 Å². The van der Waals surface area contributed by atoms with Crippen LogP contribution < -0.4 is 19.8 Å². The fourth-order valence-electron chi connectivity index (χ4n) is 3.77. The van der Waals surface area contributed by atoms with Crippen molar-refractivity contribution < 1.29 is 9.53 Å². The van der Waals surface area contributed by atoms with E-state index >= 15 is 0 Å². The van der Waals surface area contributed by atoms with Crippen LogP contribution in [0.1, 0.15) is 31.0 Å². The predicted molar refractivity (Wildman–Crippen MR) is 133 cm³/mol. The average molecular weight is 482 g/mol. The Hall–Kier alpha value is -3.16. The molecule has 2 heterocycles. The monoisotopic (exact) mass is 481 g/mol.